The lowest BCUT2D eigenvalue weighted by molar-refractivity contribution is 0.299. The number of hydrogen-bond acceptors (Lipinski definition) is 2. The van der Waals surface area contributed by atoms with Crippen molar-refractivity contribution in [3.05, 3.63) is 65.5 Å². The lowest BCUT2D eigenvalue weighted by Crippen LogP contribution is -2.13. The Morgan fingerprint density at radius 2 is 1.68 bits per heavy atom. The summed E-state index contributed by atoms with van der Waals surface area (Å²) < 4.78 is 44.1. The zero-order valence-electron chi connectivity index (χ0n) is 12.1. The second-order valence-electron chi connectivity index (χ2n) is 5.05. The van der Waals surface area contributed by atoms with Gasteiger partial charge in [-0.3, -0.25) is 0 Å². The first kappa shape index (κ1) is 16.4. The molecular weight excluding hydrogens is 291 g/mol. The highest BCUT2D eigenvalue weighted by atomic mass is 19.2. The van der Waals surface area contributed by atoms with Crippen molar-refractivity contribution in [3.63, 3.8) is 0 Å². The smallest absolute Gasteiger partial charge is 0.162 e. The zero-order chi connectivity index (χ0) is 15.9. The first-order valence-corrected chi connectivity index (χ1v) is 7.13. The summed E-state index contributed by atoms with van der Waals surface area (Å²) in [7, 11) is 0. The van der Waals surface area contributed by atoms with Crippen molar-refractivity contribution in [3.8, 4) is 5.75 Å². The number of halogens is 3. The first-order valence-electron chi connectivity index (χ1n) is 7.13. The average Bonchev–Trinajstić information content (AvgIpc) is 2.52. The van der Waals surface area contributed by atoms with Crippen molar-refractivity contribution < 1.29 is 17.9 Å². The molecule has 0 amide bonds. The second kappa shape index (κ2) is 7.84. The van der Waals surface area contributed by atoms with Gasteiger partial charge in [0.25, 0.3) is 0 Å². The highest BCUT2D eigenvalue weighted by Gasteiger charge is 2.10. The summed E-state index contributed by atoms with van der Waals surface area (Å²) in [4.78, 5) is 0. The maximum absolute atomic E-state index is 13.0. The SMILES string of the molecule is NCC(CCCOc1ccc(F)c(F)c1)c1ccc(F)cc1. The highest BCUT2D eigenvalue weighted by Crippen LogP contribution is 2.21. The standard InChI is InChI=1S/C17H18F3NO/c18-14-5-3-12(4-6-14)13(11-21)2-1-9-22-15-7-8-16(19)17(20)10-15/h3-8,10,13H,1-2,9,11,21H2. The van der Waals surface area contributed by atoms with E-state index in [0.29, 0.717) is 25.3 Å². The zero-order valence-corrected chi connectivity index (χ0v) is 12.1. The van der Waals surface area contributed by atoms with E-state index in [4.69, 9.17) is 10.5 Å². The summed E-state index contributed by atoms with van der Waals surface area (Å²) in [5.74, 6) is -1.68. The van der Waals surface area contributed by atoms with Gasteiger partial charge in [-0.25, -0.2) is 13.2 Å². The molecule has 0 saturated heterocycles. The van der Waals surface area contributed by atoms with Crippen LogP contribution in [0.15, 0.2) is 42.5 Å². The topological polar surface area (TPSA) is 35.2 Å². The molecule has 0 heterocycles. The third-order valence-corrected chi connectivity index (χ3v) is 3.48. The maximum Gasteiger partial charge on any atom is 0.162 e. The summed E-state index contributed by atoms with van der Waals surface area (Å²) in [5.41, 5.74) is 6.73. The van der Waals surface area contributed by atoms with Crippen LogP contribution in [0, 0.1) is 17.5 Å². The molecule has 0 fully saturated rings. The molecule has 2 rings (SSSR count). The fraction of sp³-hybridized carbons (Fsp3) is 0.294. The molecule has 2 aromatic rings. The van der Waals surface area contributed by atoms with Crippen LogP contribution in [0.4, 0.5) is 13.2 Å². The molecule has 0 aromatic heterocycles. The van der Waals surface area contributed by atoms with Crippen molar-refractivity contribution in [1.82, 2.24) is 0 Å². The minimum atomic E-state index is -0.927. The van der Waals surface area contributed by atoms with E-state index in [9.17, 15) is 13.2 Å². The Morgan fingerprint density at radius 3 is 2.32 bits per heavy atom. The van der Waals surface area contributed by atoms with Gasteiger partial charge in [-0.2, -0.15) is 0 Å². The summed E-state index contributed by atoms with van der Waals surface area (Å²) >= 11 is 0. The third-order valence-electron chi connectivity index (χ3n) is 3.48. The maximum atomic E-state index is 13.0. The van der Waals surface area contributed by atoms with Crippen molar-refractivity contribution in [2.24, 2.45) is 5.73 Å². The van der Waals surface area contributed by atoms with Crippen LogP contribution < -0.4 is 10.5 Å². The van der Waals surface area contributed by atoms with E-state index in [1.165, 1.54) is 18.2 Å². The van der Waals surface area contributed by atoms with E-state index in [-0.39, 0.29) is 11.7 Å². The fourth-order valence-corrected chi connectivity index (χ4v) is 2.24. The van der Waals surface area contributed by atoms with Crippen LogP contribution in [0.25, 0.3) is 0 Å². The lowest BCUT2D eigenvalue weighted by Gasteiger charge is -2.15. The number of benzene rings is 2. The molecule has 0 bridgehead atoms. The Labute approximate surface area is 127 Å². The second-order valence-corrected chi connectivity index (χ2v) is 5.05. The third kappa shape index (κ3) is 4.49. The molecule has 1 atom stereocenters. The number of rotatable bonds is 7. The van der Waals surface area contributed by atoms with Gasteiger partial charge in [0.2, 0.25) is 0 Å². The molecule has 0 aliphatic carbocycles. The molecule has 0 radical (unpaired) electrons. The Morgan fingerprint density at radius 1 is 0.955 bits per heavy atom. The number of hydrogen-bond donors (Lipinski definition) is 1. The minimum Gasteiger partial charge on any atom is -0.493 e. The molecule has 0 spiro atoms. The van der Waals surface area contributed by atoms with E-state index < -0.39 is 11.6 Å². The van der Waals surface area contributed by atoms with E-state index in [2.05, 4.69) is 0 Å². The van der Waals surface area contributed by atoms with Gasteiger partial charge in [0.15, 0.2) is 11.6 Å². The van der Waals surface area contributed by atoms with Crippen LogP contribution in [0.1, 0.15) is 24.3 Å². The normalized spacial score (nSPS) is 12.2. The fourth-order valence-electron chi connectivity index (χ4n) is 2.24. The Balaban J connectivity index is 1.81. The molecule has 118 valence electrons. The Hall–Kier alpha value is -2.01. The Bertz CT molecular complexity index is 601. The van der Waals surface area contributed by atoms with E-state index in [1.807, 2.05) is 0 Å². The van der Waals surface area contributed by atoms with Crippen LogP contribution in [-0.4, -0.2) is 13.2 Å². The predicted octanol–water partition coefficient (Wildman–Crippen LogP) is 4.01. The first-order chi connectivity index (χ1) is 10.6. The van der Waals surface area contributed by atoms with Gasteiger partial charge in [-0.1, -0.05) is 12.1 Å². The van der Waals surface area contributed by atoms with Crippen LogP contribution in [-0.2, 0) is 0 Å². The number of nitrogens with two attached hydrogens (primary N) is 1. The van der Waals surface area contributed by atoms with E-state index >= 15 is 0 Å². The molecule has 2 nitrogen and oxygen atoms in total. The van der Waals surface area contributed by atoms with Gasteiger partial charge in [0.05, 0.1) is 6.61 Å². The molecule has 0 aliphatic rings. The van der Waals surface area contributed by atoms with Gasteiger partial charge >= 0.3 is 0 Å². The van der Waals surface area contributed by atoms with Gasteiger partial charge in [0.1, 0.15) is 11.6 Å². The predicted molar refractivity (Wildman–Crippen MR) is 79.3 cm³/mol. The van der Waals surface area contributed by atoms with E-state index in [1.54, 1.807) is 12.1 Å². The monoisotopic (exact) mass is 309 g/mol. The van der Waals surface area contributed by atoms with Crippen molar-refractivity contribution in [2.75, 3.05) is 13.2 Å². The summed E-state index contributed by atoms with van der Waals surface area (Å²) in [5, 5.41) is 0. The van der Waals surface area contributed by atoms with Crippen molar-refractivity contribution >= 4 is 0 Å². The van der Waals surface area contributed by atoms with Gasteiger partial charge in [0, 0.05) is 6.07 Å². The average molecular weight is 309 g/mol. The van der Waals surface area contributed by atoms with Gasteiger partial charge in [-0.05, 0) is 55.1 Å². The highest BCUT2D eigenvalue weighted by molar-refractivity contribution is 5.23. The van der Waals surface area contributed by atoms with Gasteiger partial charge in [-0.15, -0.1) is 0 Å². The molecular formula is C17H18F3NO. The molecule has 2 aromatic carbocycles. The number of ether oxygens (including phenoxy) is 1. The minimum absolute atomic E-state index is 0.120. The van der Waals surface area contributed by atoms with Crippen LogP contribution >= 0.6 is 0 Å². The molecule has 2 N–H and O–H groups in total. The molecule has 22 heavy (non-hydrogen) atoms. The molecule has 0 aliphatic heterocycles. The largest absolute Gasteiger partial charge is 0.493 e. The van der Waals surface area contributed by atoms with Crippen LogP contribution in [0.3, 0.4) is 0 Å². The molecule has 0 saturated carbocycles. The summed E-state index contributed by atoms with van der Waals surface area (Å²) in [6, 6.07) is 9.72. The van der Waals surface area contributed by atoms with Crippen LogP contribution in [0.2, 0.25) is 0 Å². The van der Waals surface area contributed by atoms with Crippen molar-refractivity contribution in [1.29, 1.82) is 0 Å². The lowest BCUT2D eigenvalue weighted by atomic mass is 9.94. The molecule has 5 heteroatoms. The van der Waals surface area contributed by atoms with Gasteiger partial charge < -0.3 is 10.5 Å². The van der Waals surface area contributed by atoms with Crippen molar-refractivity contribution in [2.45, 2.75) is 18.8 Å². The summed E-state index contributed by atoms with van der Waals surface area (Å²) in [6.45, 7) is 0.833. The van der Waals surface area contributed by atoms with E-state index in [0.717, 1.165) is 24.1 Å². The molecule has 1 unspecified atom stereocenters. The van der Waals surface area contributed by atoms with Crippen LogP contribution in [0.5, 0.6) is 5.75 Å². The quantitative estimate of drug-likeness (QED) is 0.784. The summed E-state index contributed by atoms with van der Waals surface area (Å²) in [6.07, 6.45) is 1.48. The Kier molecular flexibility index (Phi) is 5.83.